The summed E-state index contributed by atoms with van der Waals surface area (Å²) in [7, 11) is 0. The van der Waals surface area contributed by atoms with Crippen LogP contribution in [0.25, 0.3) is 0 Å². The molecular weight excluding hydrogens is 261 g/mol. The molecule has 2 aromatic rings. The first kappa shape index (κ1) is 10.3. The molecule has 0 N–H and O–H groups in total. The standard InChI is InChI=1S/C10H9BrFN3/c11-5-10-7-15(14-13-10)6-8-1-3-9(12)4-2-8/h1-4,7H,5-6H2. The van der Waals surface area contributed by atoms with Gasteiger partial charge in [-0.05, 0) is 17.7 Å². The number of benzene rings is 1. The van der Waals surface area contributed by atoms with E-state index in [1.807, 2.05) is 6.20 Å². The molecule has 0 bridgehead atoms. The molecule has 0 amide bonds. The lowest BCUT2D eigenvalue weighted by Gasteiger charge is -1.99. The van der Waals surface area contributed by atoms with Gasteiger partial charge in [0.25, 0.3) is 0 Å². The van der Waals surface area contributed by atoms with Gasteiger partial charge in [-0.1, -0.05) is 33.3 Å². The highest BCUT2D eigenvalue weighted by Crippen LogP contribution is 2.06. The summed E-state index contributed by atoms with van der Waals surface area (Å²) in [6.07, 6.45) is 1.86. The Morgan fingerprint density at radius 1 is 1.27 bits per heavy atom. The molecule has 0 atom stereocenters. The van der Waals surface area contributed by atoms with E-state index in [0.29, 0.717) is 11.9 Å². The van der Waals surface area contributed by atoms with Crippen molar-refractivity contribution in [3.8, 4) is 0 Å². The minimum atomic E-state index is -0.224. The molecule has 0 unspecified atom stereocenters. The van der Waals surface area contributed by atoms with E-state index in [1.54, 1.807) is 16.8 Å². The predicted octanol–water partition coefficient (Wildman–Crippen LogP) is 2.36. The van der Waals surface area contributed by atoms with Crippen LogP contribution in [0.2, 0.25) is 0 Å². The zero-order valence-electron chi connectivity index (χ0n) is 7.90. The zero-order chi connectivity index (χ0) is 10.7. The summed E-state index contributed by atoms with van der Waals surface area (Å²) in [4.78, 5) is 0. The Morgan fingerprint density at radius 2 is 2.00 bits per heavy atom. The number of nitrogens with zero attached hydrogens (tertiary/aromatic N) is 3. The first-order valence-corrected chi connectivity index (χ1v) is 5.59. The molecular formula is C10H9BrFN3. The average molecular weight is 270 g/mol. The molecule has 0 spiro atoms. The summed E-state index contributed by atoms with van der Waals surface area (Å²) in [5.74, 6) is -0.224. The third kappa shape index (κ3) is 2.62. The second-order valence-electron chi connectivity index (χ2n) is 3.17. The molecule has 1 heterocycles. The van der Waals surface area contributed by atoms with Crippen LogP contribution >= 0.6 is 15.9 Å². The van der Waals surface area contributed by atoms with Crippen molar-refractivity contribution in [1.82, 2.24) is 15.0 Å². The van der Waals surface area contributed by atoms with E-state index in [0.717, 1.165) is 11.3 Å². The fourth-order valence-electron chi connectivity index (χ4n) is 1.25. The summed E-state index contributed by atoms with van der Waals surface area (Å²) in [6.45, 7) is 0.611. The van der Waals surface area contributed by atoms with Gasteiger partial charge in [-0.3, -0.25) is 0 Å². The lowest BCUT2D eigenvalue weighted by atomic mass is 10.2. The van der Waals surface area contributed by atoms with Crippen molar-refractivity contribution in [3.05, 3.63) is 47.5 Å². The topological polar surface area (TPSA) is 30.7 Å². The quantitative estimate of drug-likeness (QED) is 0.801. The number of aromatic nitrogens is 3. The SMILES string of the molecule is Fc1ccc(Cn2cc(CBr)nn2)cc1. The number of rotatable bonds is 3. The molecule has 1 aromatic heterocycles. The van der Waals surface area contributed by atoms with Gasteiger partial charge in [-0.2, -0.15) is 0 Å². The average Bonchev–Trinajstić information content (AvgIpc) is 2.69. The van der Waals surface area contributed by atoms with E-state index in [2.05, 4.69) is 26.2 Å². The van der Waals surface area contributed by atoms with E-state index in [9.17, 15) is 4.39 Å². The van der Waals surface area contributed by atoms with Gasteiger partial charge in [0.2, 0.25) is 0 Å². The lowest BCUT2D eigenvalue weighted by molar-refractivity contribution is 0.621. The first-order chi connectivity index (χ1) is 7.28. The number of halogens is 2. The summed E-state index contributed by atoms with van der Waals surface area (Å²) >= 11 is 3.30. The highest BCUT2D eigenvalue weighted by molar-refractivity contribution is 9.08. The molecule has 5 heteroatoms. The molecule has 3 nitrogen and oxygen atoms in total. The van der Waals surface area contributed by atoms with Gasteiger partial charge < -0.3 is 0 Å². The molecule has 1 aromatic carbocycles. The highest BCUT2D eigenvalue weighted by Gasteiger charge is 2.00. The molecule has 0 saturated carbocycles. The first-order valence-electron chi connectivity index (χ1n) is 4.47. The largest absolute Gasteiger partial charge is 0.248 e. The maximum atomic E-state index is 12.6. The van der Waals surface area contributed by atoms with Gasteiger partial charge in [-0.25, -0.2) is 9.07 Å². The zero-order valence-corrected chi connectivity index (χ0v) is 9.48. The summed E-state index contributed by atoms with van der Waals surface area (Å²) in [5.41, 5.74) is 1.89. The Balaban J connectivity index is 2.11. The molecule has 15 heavy (non-hydrogen) atoms. The number of hydrogen-bond donors (Lipinski definition) is 0. The van der Waals surface area contributed by atoms with Crippen LogP contribution in [0.5, 0.6) is 0 Å². The smallest absolute Gasteiger partial charge is 0.123 e. The summed E-state index contributed by atoms with van der Waals surface area (Å²) < 4.78 is 14.4. The second kappa shape index (κ2) is 4.53. The van der Waals surface area contributed by atoms with Gasteiger partial charge in [0.1, 0.15) is 5.82 Å². The molecule has 2 rings (SSSR count). The van der Waals surface area contributed by atoms with E-state index < -0.39 is 0 Å². The Labute approximate surface area is 95.0 Å². The minimum absolute atomic E-state index is 0.224. The maximum Gasteiger partial charge on any atom is 0.123 e. The Morgan fingerprint density at radius 3 is 2.60 bits per heavy atom. The van der Waals surface area contributed by atoms with Crippen LogP contribution in [0.1, 0.15) is 11.3 Å². The third-order valence-electron chi connectivity index (χ3n) is 1.98. The second-order valence-corrected chi connectivity index (χ2v) is 3.73. The third-order valence-corrected chi connectivity index (χ3v) is 2.56. The monoisotopic (exact) mass is 269 g/mol. The van der Waals surface area contributed by atoms with Crippen molar-refractivity contribution in [2.75, 3.05) is 0 Å². The normalized spacial score (nSPS) is 10.5. The van der Waals surface area contributed by atoms with Crippen molar-refractivity contribution in [2.24, 2.45) is 0 Å². The van der Waals surface area contributed by atoms with E-state index in [1.165, 1.54) is 12.1 Å². The van der Waals surface area contributed by atoms with Crippen molar-refractivity contribution in [3.63, 3.8) is 0 Å². The van der Waals surface area contributed by atoms with Crippen LogP contribution in [-0.4, -0.2) is 15.0 Å². The van der Waals surface area contributed by atoms with Gasteiger partial charge in [0.15, 0.2) is 0 Å². The van der Waals surface area contributed by atoms with Gasteiger partial charge in [-0.15, -0.1) is 5.10 Å². The Hall–Kier alpha value is -1.23. The van der Waals surface area contributed by atoms with Crippen LogP contribution in [0.4, 0.5) is 4.39 Å². The molecule has 0 fully saturated rings. The van der Waals surface area contributed by atoms with Crippen molar-refractivity contribution in [2.45, 2.75) is 11.9 Å². The van der Waals surface area contributed by atoms with Crippen LogP contribution in [0, 0.1) is 5.82 Å². The fraction of sp³-hybridized carbons (Fsp3) is 0.200. The number of hydrogen-bond acceptors (Lipinski definition) is 2. The van der Waals surface area contributed by atoms with E-state index in [4.69, 9.17) is 0 Å². The van der Waals surface area contributed by atoms with Crippen molar-refractivity contribution in [1.29, 1.82) is 0 Å². The van der Waals surface area contributed by atoms with Crippen LogP contribution in [0.15, 0.2) is 30.5 Å². The summed E-state index contributed by atoms with van der Waals surface area (Å²) in [6, 6.07) is 6.37. The lowest BCUT2D eigenvalue weighted by Crippen LogP contribution is -2.00. The van der Waals surface area contributed by atoms with Crippen LogP contribution in [0.3, 0.4) is 0 Å². The molecule has 78 valence electrons. The Kier molecular flexibility index (Phi) is 3.11. The number of alkyl halides is 1. The fourth-order valence-corrected chi connectivity index (χ4v) is 1.51. The van der Waals surface area contributed by atoms with Crippen molar-refractivity contribution >= 4 is 15.9 Å². The molecule has 0 aliphatic carbocycles. The predicted molar refractivity (Wildman–Crippen MR) is 58.2 cm³/mol. The van der Waals surface area contributed by atoms with Crippen LogP contribution < -0.4 is 0 Å². The minimum Gasteiger partial charge on any atom is -0.248 e. The van der Waals surface area contributed by atoms with Crippen LogP contribution in [-0.2, 0) is 11.9 Å². The van der Waals surface area contributed by atoms with Gasteiger partial charge in [0, 0.05) is 11.5 Å². The highest BCUT2D eigenvalue weighted by atomic mass is 79.9. The Bertz CT molecular complexity index is 438. The molecule has 0 saturated heterocycles. The van der Waals surface area contributed by atoms with Crippen molar-refractivity contribution < 1.29 is 4.39 Å². The summed E-state index contributed by atoms with van der Waals surface area (Å²) in [5, 5.41) is 8.58. The maximum absolute atomic E-state index is 12.6. The molecule has 0 aliphatic rings. The molecule has 0 aliphatic heterocycles. The van der Waals surface area contributed by atoms with E-state index in [-0.39, 0.29) is 5.82 Å². The molecule has 0 radical (unpaired) electrons. The van der Waals surface area contributed by atoms with Gasteiger partial charge >= 0.3 is 0 Å². The van der Waals surface area contributed by atoms with E-state index >= 15 is 0 Å². The van der Waals surface area contributed by atoms with Gasteiger partial charge in [0.05, 0.1) is 12.2 Å².